The molecular weight excluding hydrogens is 800 g/mol. The molecule has 10 aromatic rings. The first-order chi connectivity index (χ1) is 30.4. The van der Waals surface area contributed by atoms with Crippen LogP contribution in [0.5, 0.6) is 0 Å². The molecule has 0 saturated carbocycles. The van der Waals surface area contributed by atoms with Crippen LogP contribution in [0.3, 0.4) is 0 Å². The van der Waals surface area contributed by atoms with Gasteiger partial charge in [-0.3, -0.25) is 9.97 Å². The number of benzene rings is 4. The molecule has 6 aromatic heterocycles. The fourth-order valence-corrected chi connectivity index (χ4v) is 7.05. The Kier molecular flexibility index (Phi) is 13.6. The topological polar surface area (TPSA) is 180 Å². The second-order valence-corrected chi connectivity index (χ2v) is 14.1. The molecule has 0 aliphatic carbocycles. The van der Waals surface area contributed by atoms with E-state index in [2.05, 4.69) is 30.1 Å². The van der Waals surface area contributed by atoms with E-state index in [-0.39, 0.29) is 35.9 Å². The molecule has 0 aliphatic heterocycles. The van der Waals surface area contributed by atoms with E-state index in [4.69, 9.17) is 4.74 Å². The predicted octanol–water partition coefficient (Wildman–Crippen LogP) is 6.95. The van der Waals surface area contributed by atoms with Crippen LogP contribution in [-0.2, 0) is 4.74 Å². The van der Waals surface area contributed by atoms with Crippen LogP contribution in [0.25, 0.3) is 78.6 Å². The van der Waals surface area contributed by atoms with Gasteiger partial charge in [0.2, 0.25) is 0 Å². The maximum atomic E-state index is 12.1. The number of aromatic nitrogens is 8. The molecule has 13 nitrogen and oxygen atoms in total. The van der Waals surface area contributed by atoms with E-state index in [1.807, 2.05) is 132 Å². The molecule has 14 heteroatoms. The van der Waals surface area contributed by atoms with Crippen molar-refractivity contribution < 1.29 is 43.8 Å². The van der Waals surface area contributed by atoms with Crippen molar-refractivity contribution in [1.29, 1.82) is 0 Å². The predicted molar refractivity (Wildman–Crippen MR) is 239 cm³/mol. The molecular formula is C50H37LiN8O5. The quantitative estimate of drug-likeness (QED) is 0.117. The van der Waals surface area contributed by atoms with Gasteiger partial charge in [-0.25, -0.2) is 28.6 Å². The molecule has 0 saturated heterocycles. The van der Waals surface area contributed by atoms with Gasteiger partial charge in [0.05, 0.1) is 65.3 Å². The number of carboxylic acids is 1. The smallest absolute Gasteiger partial charge is 0.870 e. The van der Waals surface area contributed by atoms with Crippen molar-refractivity contribution in [3.05, 3.63) is 194 Å². The van der Waals surface area contributed by atoms with Gasteiger partial charge in [0.25, 0.3) is 0 Å². The molecule has 10 rings (SSSR count). The SMILES string of the molecule is CCOC(=O)c1cccc(-c2cnn3c(-c4ccnc(-c5ccccc5)c4)cnc3c2)c1.O=C(O)c1cccc(-c2cnn3c(-c4ccnc(-c5ccccc5)c4)cnc3c2)c1.[Li+].[OH-]. The van der Waals surface area contributed by atoms with Crippen LogP contribution < -0.4 is 18.9 Å². The molecule has 2 N–H and O–H groups in total. The van der Waals surface area contributed by atoms with Crippen LogP contribution in [0.15, 0.2) is 183 Å². The zero-order valence-electron chi connectivity index (χ0n) is 34.7. The summed E-state index contributed by atoms with van der Waals surface area (Å²) in [6.45, 7) is 2.13. The first kappa shape index (κ1) is 44.0. The van der Waals surface area contributed by atoms with Crippen LogP contribution in [-0.4, -0.2) is 68.3 Å². The summed E-state index contributed by atoms with van der Waals surface area (Å²) in [5, 5.41) is 18.4. The minimum absolute atomic E-state index is 0. The molecule has 6 heterocycles. The Morgan fingerprint density at radius 1 is 0.500 bits per heavy atom. The molecule has 0 unspecified atom stereocenters. The minimum Gasteiger partial charge on any atom is -0.870 e. The fraction of sp³-hybridized carbons (Fsp3) is 0.0400. The van der Waals surface area contributed by atoms with Crippen molar-refractivity contribution in [2.75, 3.05) is 6.61 Å². The van der Waals surface area contributed by atoms with E-state index in [1.165, 1.54) is 0 Å². The maximum absolute atomic E-state index is 12.1. The average Bonchev–Trinajstić information content (AvgIpc) is 3.97. The summed E-state index contributed by atoms with van der Waals surface area (Å²) >= 11 is 0. The largest absolute Gasteiger partial charge is 1.00 e. The van der Waals surface area contributed by atoms with Gasteiger partial charge < -0.3 is 15.3 Å². The van der Waals surface area contributed by atoms with Crippen molar-refractivity contribution in [2.45, 2.75) is 6.92 Å². The molecule has 0 aliphatic rings. The van der Waals surface area contributed by atoms with Crippen molar-refractivity contribution in [2.24, 2.45) is 0 Å². The van der Waals surface area contributed by atoms with Gasteiger partial charge in [-0.1, -0.05) is 84.9 Å². The van der Waals surface area contributed by atoms with Gasteiger partial charge in [-0.15, -0.1) is 0 Å². The molecule has 0 spiro atoms. The zero-order chi connectivity index (χ0) is 42.4. The Morgan fingerprint density at radius 2 is 0.953 bits per heavy atom. The number of fused-ring (bicyclic) bond motifs is 2. The van der Waals surface area contributed by atoms with Crippen molar-refractivity contribution >= 4 is 23.2 Å². The van der Waals surface area contributed by atoms with Gasteiger partial charge in [-0.2, -0.15) is 10.2 Å². The molecule has 4 aromatic carbocycles. The Balaban J connectivity index is 0.000000186. The molecule has 0 bridgehead atoms. The standard InChI is InChI=1S/C26H20N4O2.C24H16N4O2.Li.H2O/c1-2-32-26(31)21-10-6-9-19(13-21)22-15-25-28-17-24(30(25)29-16-22)20-11-12-27-23(14-20)18-7-4-3-5-8-18;29-24(30)19-8-4-7-17(11-19)20-13-23-26-15-22(28(23)27-14-20)18-9-10-25-21(12-18)16-5-2-1-3-6-16;;/h3-17H,2H2,1H3;1-15H,(H,29,30);;1H2/q;;+1;/p-1. The summed E-state index contributed by atoms with van der Waals surface area (Å²) < 4.78 is 8.69. The summed E-state index contributed by atoms with van der Waals surface area (Å²) in [4.78, 5) is 41.4. The van der Waals surface area contributed by atoms with E-state index in [9.17, 15) is 14.7 Å². The van der Waals surface area contributed by atoms with E-state index in [1.54, 1.807) is 66.7 Å². The molecule has 308 valence electrons. The van der Waals surface area contributed by atoms with E-state index >= 15 is 0 Å². The van der Waals surface area contributed by atoms with E-state index in [0.29, 0.717) is 17.8 Å². The third kappa shape index (κ3) is 9.37. The number of esters is 1. The third-order valence-corrected chi connectivity index (χ3v) is 10.1. The Bertz CT molecular complexity index is 3230. The molecule has 0 fully saturated rings. The first-order valence-electron chi connectivity index (χ1n) is 19.7. The van der Waals surface area contributed by atoms with Crippen LogP contribution in [0.2, 0.25) is 0 Å². The number of pyridine rings is 2. The van der Waals surface area contributed by atoms with Crippen molar-refractivity contribution in [3.63, 3.8) is 0 Å². The monoisotopic (exact) mass is 836 g/mol. The normalized spacial score (nSPS) is 10.6. The Morgan fingerprint density at radius 3 is 1.42 bits per heavy atom. The van der Waals surface area contributed by atoms with Gasteiger partial charge in [-0.05, 0) is 78.7 Å². The number of carbonyl (C=O) groups is 2. The number of hydrogen-bond acceptors (Lipinski definition) is 10. The number of carboxylic acid groups (broad SMARTS) is 1. The number of aromatic carboxylic acids is 1. The van der Waals surface area contributed by atoms with Crippen LogP contribution >= 0.6 is 0 Å². The van der Waals surface area contributed by atoms with Gasteiger partial charge in [0, 0.05) is 45.8 Å². The summed E-state index contributed by atoms with van der Waals surface area (Å²) in [5.41, 5.74) is 13.1. The third-order valence-electron chi connectivity index (χ3n) is 10.1. The molecule has 64 heavy (non-hydrogen) atoms. The van der Waals surface area contributed by atoms with Crippen LogP contribution in [0, 0.1) is 0 Å². The minimum atomic E-state index is -0.958. The van der Waals surface area contributed by atoms with Crippen molar-refractivity contribution in [3.8, 4) is 67.3 Å². The van der Waals surface area contributed by atoms with E-state index < -0.39 is 5.97 Å². The van der Waals surface area contributed by atoms with E-state index in [0.717, 1.165) is 72.9 Å². The maximum Gasteiger partial charge on any atom is 1.00 e. The first-order valence-corrected chi connectivity index (χ1v) is 19.7. The van der Waals surface area contributed by atoms with Gasteiger partial charge in [0.1, 0.15) is 0 Å². The zero-order valence-corrected chi connectivity index (χ0v) is 34.7. The number of rotatable bonds is 9. The number of ether oxygens (including phenoxy) is 1. The average molecular weight is 837 g/mol. The second-order valence-electron chi connectivity index (χ2n) is 14.1. The fourth-order valence-electron chi connectivity index (χ4n) is 7.05. The molecule has 0 amide bonds. The van der Waals surface area contributed by atoms with Crippen molar-refractivity contribution in [1.82, 2.24) is 39.2 Å². The summed E-state index contributed by atoms with van der Waals surface area (Å²) in [6.07, 6.45) is 10.7. The summed E-state index contributed by atoms with van der Waals surface area (Å²) in [7, 11) is 0. The number of nitrogens with zero attached hydrogens (tertiary/aromatic N) is 8. The summed E-state index contributed by atoms with van der Waals surface area (Å²) in [5.74, 6) is -1.29. The molecule has 0 atom stereocenters. The van der Waals surface area contributed by atoms with Gasteiger partial charge in [0.15, 0.2) is 11.3 Å². The second kappa shape index (κ2) is 19.7. The Labute approximate surface area is 379 Å². The van der Waals surface area contributed by atoms with Crippen LogP contribution in [0.1, 0.15) is 27.6 Å². The molecule has 0 radical (unpaired) electrons. The Hall–Kier alpha value is -8.08. The van der Waals surface area contributed by atoms with Crippen LogP contribution in [0.4, 0.5) is 0 Å². The number of carbonyl (C=O) groups excluding carboxylic acids is 1. The van der Waals surface area contributed by atoms with Gasteiger partial charge >= 0.3 is 30.8 Å². The summed E-state index contributed by atoms with van der Waals surface area (Å²) in [6, 6.07) is 46.0. The number of imidazole rings is 2. The number of hydrogen-bond donors (Lipinski definition) is 1.